The van der Waals surface area contributed by atoms with Gasteiger partial charge in [0.15, 0.2) is 5.75 Å². The highest BCUT2D eigenvalue weighted by molar-refractivity contribution is 7.89. The molecule has 1 rings (SSSR count). The second-order valence-electron chi connectivity index (χ2n) is 4.08. The zero-order valence-corrected chi connectivity index (χ0v) is 12.2. The van der Waals surface area contributed by atoms with E-state index in [0.29, 0.717) is 6.54 Å². The summed E-state index contributed by atoms with van der Waals surface area (Å²) >= 11 is 0. The summed E-state index contributed by atoms with van der Waals surface area (Å²) in [5, 5.41) is 13.9. The first-order chi connectivity index (χ1) is 9.31. The van der Waals surface area contributed by atoms with Crippen LogP contribution in [0.15, 0.2) is 23.1 Å². The van der Waals surface area contributed by atoms with Gasteiger partial charge in [-0.15, -0.1) is 0 Å². The molecule has 0 saturated carbocycles. The first kappa shape index (κ1) is 16.3. The van der Waals surface area contributed by atoms with Gasteiger partial charge in [-0.05, 0) is 33.2 Å². The molecular formula is C11H17N3O5S. The van der Waals surface area contributed by atoms with Gasteiger partial charge in [0, 0.05) is 12.6 Å². The summed E-state index contributed by atoms with van der Waals surface area (Å²) < 4.78 is 30.8. The van der Waals surface area contributed by atoms with Crippen molar-refractivity contribution >= 4 is 15.7 Å². The number of hydrogen-bond acceptors (Lipinski definition) is 6. The molecule has 0 amide bonds. The largest absolute Gasteiger partial charge is 0.482 e. The predicted octanol–water partition coefficient (Wildman–Crippen LogP) is 0.490. The van der Waals surface area contributed by atoms with Gasteiger partial charge in [0.05, 0.1) is 9.82 Å². The number of nitrogens with zero attached hydrogens (tertiary/aromatic N) is 1. The molecule has 0 fully saturated rings. The van der Waals surface area contributed by atoms with Crippen LogP contribution in [0.25, 0.3) is 0 Å². The number of nitrogens with one attached hydrogen (secondary N) is 2. The molecule has 1 unspecified atom stereocenters. The van der Waals surface area contributed by atoms with Crippen molar-refractivity contribution in [1.82, 2.24) is 10.0 Å². The molecule has 2 N–H and O–H groups in total. The number of nitro benzene ring substituents is 1. The topological polar surface area (TPSA) is 111 Å². The predicted molar refractivity (Wildman–Crippen MR) is 73.4 cm³/mol. The van der Waals surface area contributed by atoms with Gasteiger partial charge >= 0.3 is 5.69 Å². The van der Waals surface area contributed by atoms with E-state index < -0.39 is 14.9 Å². The van der Waals surface area contributed by atoms with E-state index in [2.05, 4.69) is 10.0 Å². The van der Waals surface area contributed by atoms with Crippen LogP contribution in [0.2, 0.25) is 0 Å². The minimum absolute atomic E-state index is 0.0350. The minimum Gasteiger partial charge on any atom is -0.482 e. The average molecular weight is 303 g/mol. The Balaban J connectivity index is 3.18. The molecule has 0 aliphatic rings. The molecule has 0 spiro atoms. The van der Waals surface area contributed by atoms with Crippen LogP contribution < -0.4 is 14.8 Å². The Labute approximate surface area is 117 Å². The lowest BCUT2D eigenvalue weighted by Crippen LogP contribution is -2.26. The molecule has 1 atom stereocenters. The summed E-state index contributed by atoms with van der Waals surface area (Å²) in [4.78, 5) is 10.2. The zero-order chi connectivity index (χ0) is 15.3. The SMILES string of the molecule is CNCC(C)Oc1ccc(S(=O)(=O)NC)cc1[N+](=O)[O-]. The van der Waals surface area contributed by atoms with E-state index in [0.717, 1.165) is 6.07 Å². The standard InChI is InChI=1S/C11H17N3O5S/c1-8(7-12-2)19-11-5-4-9(20(17,18)13-3)6-10(11)14(15)16/h4-6,8,12-13H,7H2,1-3H3. The number of hydrogen-bond donors (Lipinski definition) is 2. The van der Waals surface area contributed by atoms with Gasteiger partial charge in [-0.1, -0.05) is 0 Å². The maximum absolute atomic E-state index is 11.6. The number of nitro groups is 1. The van der Waals surface area contributed by atoms with Crippen LogP contribution in [0.5, 0.6) is 5.75 Å². The normalized spacial score (nSPS) is 12.9. The molecule has 0 saturated heterocycles. The lowest BCUT2D eigenvalue weighted by atomic mass is 10.3. The Morgan fingerprint density at radius 3 is 2.55 bits per heavy atom. The number of ether oxygens (including phenoxy) is 1. The average Bonchev–Trinajstić information content (AvgIpc) is 2.38. The van der Waals surface area contributed by atoms with Crippen molar-refractivity contribution in [2.24, 2.45) is 0 Å². The first-order valence-electron chi connectivity index (χ1n) is 5.85. The maximum atomic E-state index is 11.6. The summed E-state index contributed by atoms with van der Waals surface area (Å²) in [6.07, 6.45) is -0.287. The summed E-state index contributed by atoms with van der Waals surface area (Å²) in [5.74, 6) is 0.0350. The molecule has 112 valence electrons. The summed E-state index contributed by atoms with van der Waals surface area (Å²) in [6, 6.07) is 3.53. The fraction of sp³-hybridized carbons (Fsp3) is 0.455. The van der Waals surface area contributed by atoms with Crippen LogP contribution in [-0.2, 0) is 10.0 Å². The molecule has 0 aliphatic heterocycles. The van der Waals surface area contributed by atoms with Crippen molar-refractivity contribution in [3.63, 3.8) is 0 Å². The van der Waals surface area contributed by atoms with Gasteiger partial charge in [-0.2, -0.15) is 0 Å². The van der Waals surface area contributed by atoms with Crippen molar-refractivity contribution in [3.8, 4) is 5.75 Å². The molecule has 9 heteroatoms. The molecular weight excluding hydrogens is 286 g/mol. The summed E-state index contributed by atoms with van der Waals surface area (Å²) in [7, 11) is -0.762. The van der Waals surface area contributed by atoms with Crippen LogP contribution in [0.4, 0.5) is 5.69 Å². The van der Waals surface area contributed by atoms with E-state index in [1.807, 2.05) is 0 Å². The van der Waals surface area contributed by atoms with Gasteiger partial charge in [0.1, 0.15) is 6.10 Å². The molecule has 0 radical (unpaired) electrons. The fourth-order valence-corrected chi connectivity index (χ4v) is 2.32. The van der Waals surface area contributed by atoms with Crippen LogP contribution in [-0.4, -0.2) is 40.1 Å². The van der Waals surface area contributed by atoms with E-state index in [1.165, 1.54) is 19.2 Å². The number of sulfonamides is 1. The van der Waals surface area contributed by atoms with Gasteiger partial charge in [0.2, 0.25) is 10.0 Å². The lowest BCUT2D eigenvalue weighted by molar-refractivity contribution is -0.386. The van der Waals surface area contributed by atoms with Crippen LogP contribution in [0.1, 0.15) is 6.92 Å². The number of benzene rings is 1. The van der Waals surface area contributed by atoms with Crippen molar-refractivity contribution in [1.29, 1.82) is 0 Å². The molecule has 1 aromatic rings. The quantitative estimate of drug-likeness (QED) is 0.560. The monoisotopic (exact) mass is 303 g/mol. The Morgan fingerprint density at radius 1 is 1.40 bits per heavy atom. The second kappa shape index (κ2) is 6.64. The molecule has 8 nitrogen and oxygen atoms in total. The first-order valence-corrected chi connectivity index (χ1v) is 7.33. The third kappa shape index (κ3) is 3.89. The van der Waals surface area contributed by atoms with E-state index in [9.17, 15) is 18.5 Å². The highest BCUT2D eigenvalue weighted by atomic mass is 32.2. The fourth-order valence-electron chi connectivity index (χ4n) is 1.57. The third-order valence-electron chi connectivity index (χ3n) is 2.53. The second-order valence-corrected chi connectivity index (χ2v) is 5.97. The summed E-state index contributed by atoms with van der Waals surface area (Å²) in [5.41, 5.74) is -0.385. The number of likely N-dealkylation sites (N-methyl/N-ethyl adjacent to an activating group) is 1. The van der Waals surface area contributed by atoms with Crippen molar-refractivity contribution in [3.05, 3.63) is 28.3 Å². The minimum atomic E-state index is -3.73. The smallest absolute Gasteiger partial charge is 0.312 e. The molecule has 0 aliphatic carbocycles. The zero-order valence-electron chi connectivity index (χ0n) is 11.4. The highest BCUT2D eigenvalue weighted by Gasteiger charge is 2.22. The molecule has 0 bridgehead atoms. The Kier molecular flexibility index (Phi) is 5.43. The van der Waals surface area contributed by atoms with Crippen molar-refractivity contribution in [2.75, 3.05) is 20.6 Å². The molecule has 20 heavy (non-hydrogen) atoms. The van der Waals surface area contributed by atoms with E-state index in [1.54, 1.807) is 14.0 Å². The Bertz CT molecular complexity index is 588. The van der Waals surface area contributed by atoms with Crippen LogP contribution in [0.3, 0.4) is 0 Å². The van der Waals surface area contributed by atoms with Crippen LogP contribution in [0, 0.1) is 10.1 Å². The third-order valence-corrected chi connectivity index (χ3v) is 3.94. The van der Waals surface area contributed by atoms with Gasteiger partial charge < -0.3 is 10.1 Å². The molecule has 0 heterocycles. The molecule has 0 aromatic heterocycles. The van der Waals surface area contributed by atoms with Crippen molar-refractivity contribution in [2.45, 2.75) is 17.9 Å². The van der Waals surface area contributed by atoms with E-state index in [-0.39, 0.29) is 22.4 Å². The van der Waals surface area contributed by atoms with E-state index in [4.69, 9.17) is 4.74 Å². The maximum Gasteiger partial charge on any atom is 0.312 e. The lowest BCUT2D eigenvalue weighted by Gasteiger charge is -2.14. The van der Waals surface area contributed by atoms with Gasteiger partial charge in [-0.3, -0.25) is 10.1 Å². The molecule has 1 aromatic carbocycles. The number of rotatable bonds is 7. The van der Waals surface area contributed by atoms with Crippen molar-refractivity contribution < 1.29 is 18.1 Å². The Hall–Kier alpha value is -1.71. The summed E-state index contributed by atoms with van der Waals surface area (Å²) in [6.45, 7) is 2.26. The van der Waals surface area contributed by atoms with Gasteiger partial charge in [0.25, 0.3) is 0 Å². The highest BCUT2D eigenvalue weighted by Crippen LogP contribution is 2.30. The Morgan fingerprint density at radius 2 is 2.05 bits per heavy atom. The van der Waals surface area contributed by atoms with E-state index >= 15 is 0 Å². The van der Waals surface area contributed by atoms with Gasteiger partial charge in [-0.25, -0.2) is 13.1 Å². The van der Waals surface area contributed by atoms with Crippen LogP contribution >= 0.6 is 0 Å².